The zero-order chi connectivity index (χ0) is 14.4. The molecule has 2 heteroatoms. The Balaban J connectivity index is 1.99. The maximum absolute atomic E-state index is 9.72. The number of phenols is 1. The van der Waals surface area contributed by atoms with Gasteiger partial charge >= 0.3 is 0 Å². The van der Waals surface area contributed by atoms with Crippen molar-refractivity contribution >= 4 is 0 Å². The van der Waals surface area contributed by atoms with E-state index in [1.807, 2.05) is 12.1 Å². The van der Waals surface area contributed by atoms with Crippen LogP contribution in [0.2, 0.25) is 0 Å². The second-order valence-corrected chi connectivity index (χ2v) is 6.13. The topological polar surface area (TPSA) is 23.5 Å². The minimum absolute atomic E-state index is 0.421. The van der Waals surface area contributed by atoms with E-state index in [2.05, 4.69) is 24.8 Å². The number of hydrogen-bond donors (Lipinski definition) is 1. The van der Waals surface area contributed by atoms with Gasteiger partial charge in [-0.05, 0) is 68.0 Å². The van der Waals surface area contributed by atoms with Gasteiger partial charge in [0.2, 0.25) is 0 Å². The summed E-state index contributed by atoms with van der Waals surface area (Å²) in [6, 6.07) is 5.92. The van der Waals surface area contributed by atoms with Gasteiger partial charge in [0.1, 0.15) is 5.75 Å². The molecule has 1 aromatic rings. The van der Waals surface area contributed by atoms with Gasteiger partial charge in [0, 0.05) is 6.54 Å². The fourth-order valence-corrected chi connectivity index (χ4v) is 3.23. The predicted molar refractivity (Wildman–Crippen MR) is 85.4 cm³/mol. The molecule has 0 radical (unpaired) electrons. The van der Waals surface area contributed by atoms with Crippen molar-refractivity contribution in [2.24, 2.45) is 0 Å². The number of aryl methyl sites for hydroxylation is 1. The lowest BCUT2D eigenvalue weighted by Crippen LogP contribution is -2.30. The minimum Gasteiger partial charge on any atom is -0.508 e. The van der Waals surface area contributed by atoms with E-state index in [1.54, 1.807) is 0 Å². The monoisotopic (exact) mass is 275 g/mol. The first kappa shape index (κ1) is 15.4. The third-order valence-corrected chi connectivity index (χ3v) is 4.47. The number of unbranched alkanes of at least 4 members (excludes halogenated alkanes) is 2. The summed E-state index contributed by atoms with van der Waals surface area (Å²) in [7, 11) is 0. The highest BCUT2D eigenvalue weighted by Gasteiger charge is 2.24. The molecule has 0 aromatic heterocycles. The number of aromatic hydroxyl groups is 1. The third-order valence-electron chi connectivity index (χ3n) is 4.47. The van der Waals surface area contributed by atoms with Crippen LogP contribution >= 0.6 is 0 Å². The van der Waals surface area contributed by atoms with Crippen molar-refractivity contribution in [2.75, 3.05) is 19.6 Å². The van der Waals surface area contributed by atoms with Crippen molar-refractivity contribution in [1.82, 2.24) is 4.90 Å². The van der Waals surface area contributed by atoms with Crippen LogP contribution in [0.4, 0.5) is 0 Å². The molecule has 0 bridgehead atoms. The van der Waals surface area contributed by atoms with E-state index >= 15 is 0 Å². The fraction of sp³-hybridized carbons (Fsp3) is 0.667. The van der Waals surface area contributed by atoms with Crippen molar-refractivity contribution < 1.29 is 5.11 Å². The smallest absolute Gasteiger partial charge is 0.115 e. The summed E-state index contributed by atoms with van der Waals surface area (Å²) < 4.78 is 0. The van der Waals surface area contributed by atoms with E-state index in [0.717, 1.165) is 6.54 Å². The summed E-state index contributed by atoms with van der Waals surface area (Å²) in [5.41, 5.74) is 2.83. The van der Waals surface area contributed by atoms with Crippen molar-refractivity contribution in [3.63, 3.8) is 0 Å². The Bertz CT molecular complexity index is 408. The number of nitrogens with zero attached hydrogens (tertiary/aromatic N) is 1. The molecule has 2 rings (SSSR count). The summed E-state index contributed by atoms with van der Waals surface area (Å²) >= 11 is 0. The molecule has 0 heterocycles. The maximum atomic E-state index is 9.72. The number of benzene rings is 1. The van der Waals surface area contributed by atoms with Gasteiger partial charge in [-0.15, -0.1) is 0 Å². The summed E-state index contributed by atoms with van der Waals surface area (Å²) in [5.74, 6) is 1.04. The molecule has 112 valence electrons. The Kier molecular flexibility index (Phi) is 5.90. The first-order valence-corrected chi connectivity index (χ1v) is 8.28. The number of rotatable bonds is 8. The molecule has 1 aromatic carbocycles. The minimum atomic E-state index is 0.421. The molecular formula is C18H29NO. The number of phenolic OH excluding ortho intramolecular Hbond substituents is 1. The molecule has 0 saturated carbocycles. The van der Waals surface area contributed by atoms with Gasteiger partial charge in [0.15, 0.2) is 0 Å². The van der Waals surface area contributed by atoms with E-state index in [0.29, 0.717) is 11.7 Å². The van der Waals surface area contributed by atoms with Crippen LogP contribution in [0.15, 0.2) is 18.2 Å². The molecule has 0 saturated heterocycles. The summed E-state index contributed by atoms with van der Waals surface area (Å²) in [4.78, 5) is 2.64. The van der Waals surface area contributed by atoms with E-state index < -0.39 is 0 Å². The average molecular weight is 275 g/mol. The van der Waals surface area contributed by atoms with Crippen LogP contribution in [0.1, 0.15) is 63.0 Å². The van der Waals surface area contributed by atoms with Crippen molar-refractivity contribution in [1.29, 1.82) is 0 Å². The molecule has 1 aliphatic carbocycles. The van der Waals surface area contributed by atoms with Gasteiger partial charge in [-0.3, -0.25) is 0 Å². The first-order valence-electron chi connectivity index (χ1n) is 8.28. The predicted octanol–water partition coefficient (Wildman–Crippen LogP) is 4.32. The lowest BCUT2D eigenvalue weighted by atomic mass is 10.00. The molecule has 1 atom stereocenters. The zero-order valence-electron chi connectivity index (χ0n) is 13.1. The Morgan fingerprint density at radius 1 is 1.15 bits per heavy atom. The van der Waals surface area contributed by atoms with Crippen molar-refractivity contribution in [2.45, 2.75) is 58.3 Å². The summed E-state index contributed by atoms with van der Waals surface area (Å²) in [6.07, 6.45) is 7.55. The number of fused-ring (bicyclic) bond motifs is 1. The maximum Gasteiger partial charge on any atom is 0.115 e. The van der Waals surface area contributed by atoms with Crippen LogP contribution in [-0.4, -0.2) is 29.6 Å². The molecule has 0 spiro atoms. The second-order valence-electron chi connectivity index (χ2n) is 6.13. The van der Waals surface area contributed by atoms with Crippen molar-refractivity contribution in [3.05, 3.63) is 29.3 Å². The van der Waals surface area contributed by atoms with Gasteiger partial charge in [-0.1, -0.05) is 32.8 Å². The molecular weight excluding hydrogens is 246 g/mol. The molecule has 0 amide bonds. The van der Waals surface area contributed by atoms with Crippen LogP contribution in [0.5, 0.6) is 5.75 Å². The van der Waals surface area contributed by atoms with Crippen LogP contribution < -0.4 is 0 Å². The highest BCUT2D eigenvalue weighted by atomic mass is 16.3. The standard InChI is InChI=1S/C18H29NO/c1-3-5-11-19(12-6-4-2)14-16-8-7-15-9-10-17(20)13-18(15)16/h9-10,13,16,20H,3-8,11-12,14H2,1-2H3. The Morgan fingerprint density at radius 2 is 1.85 bits per heavy atom. The lowest BCUT2D eigenvalue weighted by Gasteiger charge is -2.26. The molecule has 0 fully saturated rings. The summed E-state index contributed by atoms with van der Waals surface area (Å²) in [5, 5.41) is 9.72. The van der Waals surface area contributed by atoms with Gasteiger partial charge in [0.05, 0.1) is 0 Å². The van der Waals surface area contributed by atoms with E-state index in [4.69, 9.17) is 0 Å². The zero-order valence-corrected chi connectivity index (χ0v) is 13.1. The molecule has 1 aliphatic rings. The van der Waals surface area contributed by atoms with Gasteiger partial charge in [0.25, 0.3) is 0 Å². The molecule has 20 heavy (non-hydrogen) atoms. The van der Waals surface area contributed by atoms with Crippen molar-refractivity contribution in [3.8, 4) is 5.75 Å². The number of hydrogen-bond acceptors (Lipinski definition) is 2. The largest absolute Gasteiger partial charge is 0.508 e. The van der Waals surface area contributed by atoms with E-state index in [1.165, 1.54) is 62.7 Å². The lowest BCUT2D eigenvalue weighted by molar-refractivity contribution is 0.248. The fourth-order valence-electron chi connectivity index (χ4n) is 3.23. The van der Waals surface area contributed by atoms with Gasteiger partial charge < -0.3 is 10.0 Å². The quantitative estimate of drug-likeness (QED) is 0.763. The highest BCUT2D eigenvalue weighted by molar-refractivity contribution is 5.40. The Hall–Kier alpha value is -1.02. The SMILES string of the molecule is CCCCN(CCCC)CC1CCc2ccc(O)cc21. The van der Waals surface area contributed by atoms with E-state index in [9.17, 15) is 5.11 Å². The van der Waals surface area contributed by atoms with Crippen LogP contribution in [0, 0.1) is 0 Å². The first-order chi connectivity index (χ1) is 9.74. The summed E-state index contributed by atoms with van der Waals surface area (Å²) in [6.45, 7) is 8.14. The van der Waals surface area contributed by atoms with Gasteiger partial charge in [-0.25, -0.2) is 0 Å². The molecule has 2 nitrogen and oxygen atoms in total. The average Bonchev–Trinajstić information content (AvgIpc) is 2.84. The normalized spacial score (nSPS) is 17.6. The van der Waals surface area contributed by atoms with Crippen LogP contribution in [-0.2, 0) is 6.42 Å². The molecule has 0 aliphatic heterocycles. The molecule has 1 N–H and O–H groups in total. The third kappa shape index (κ3) is 3.99. The molecule has 1 unspecified atom stereocenters. The Morgan fingerprint density at radius 3 is 2.50 bits per heavy atom. The van der Waals surface area contributed by atoms with Crippen LogP contribution in [0.3, 0.4) is 0 Å². The Labute approximate surface area is 123 Å². The highest BCUT2D eigenvalue weighted by Crippen LogP contribution is 2.35. The van der Waals surface area contributed by atoms with Crippen LogP contribution in [0.25, 0.3) is 0 Å². The second kappa shape index (κ2) is 7.68. The van der Waals surface area contributed by atoms with Gasteiger partial charge in [-0.2, -0.15) is 0 Å². The van der Waals surface area contributed by atoms with E-state index in [-0.39, 0.29) is 0 Å².